The first-order valence-electron chi connectivity index (χ1n) is 9.57. The summed E-state index contributed by atoms with van der Waals surface area (Å²) in [5.74, 6) is -3.12. The Balaban J connectivity index is 3.06. The maximum atomic E-state index is 13.6. The van der Waals surface area contributed by atoms with Crippen molar-refractivity contribution in [2.45, 2.75) is 67.2 Å². The van der Waals surface area contributed by atoms with Crippen LogP contribution >= 0.6 is 0 Å². The van der Waals surface area contributed by atoms with Crippen LogP contribution in [0.3, 0.4) is 0 Å². The molecule has 0 spiro atoms. The van der Waals surface area contributed by atoms with Gasteiger partial charge in [-0.2, -0.15) is 0 Å². The Morgan fingerprint density at radius 2 is 1.64 bits per heavy atom. The van der Waals surface area contributed by atoms with Crippen LogP contribution in [-0.2, 0) is 15.5 Å². The summed E-state index contributed by atoms with van der Waals surface area (Å²) in [7, 11) is 1.75. The van der Waals surface area contributed by atoms with Gasteiger partial charge in [-0.3, -0.25) is 9.59 Å². The number of carbonyl (C=O) groups is 2. The molecule has 0 N–H and O–H groups in total. The minimum atomic E-state index is -2.90. The summed E-state index contributed by atoms with van der Waals surface area (Å²) in [6.45, 7) is 12.1. The number of hydrogen-bond acceptors (Lipinski definition) is 3. The maximum absolute atomic E-state index is 13.6. The van der Waals surface area contributed by atoms with E-state index in [0.29, 0.717) is 28.8 Å². The summed E-state index contributed by atoms with van der Waals surface area (Å²) < 4.78 is 27.2. The number of Topliss-reactive ketones (excluding diaryl/α,β-unsaturated/α-hetero) is 2. The Kier molecular flexibility index (Phi) is 7.69. The van der Waals surface area contributed by atoms with E-state index in [-0.39, 0.29) is 29.1 Å². The van der Waals surface area contributed by atoms with E-state index < -0.39 is 5.92 Å². The molecule has 1 aromatic rings. The van der Waals surface area contributed by atoms with Crippen molar-refractivity contribution >= 4 is 17.3 Å². The lowest BCUT2D eigenvalue weighted by molar-refractivity contribution is -0.116. The van der Waals surface area contributed by atoms with E-state index in [0.717, 1.165) is 13.3 Å². The number of halogens is 2. The predicted octanol–water partition coefficient (Wildman–Crippen LogP) is 5.84. The molecule has 0 atom stereocenters. The van der Waals surface area contributed by atoms with Gasteiger partial charge < -0.3 is 4.90 Å². The standard InChI is InChI=1S/C23H33F2NO2/c1-15-13-18(9-10-20(15)23(7,24)25)26(8)14-21(28)19(16(2)17(3)27)11-12-22(4,5)6/h9-10,13H,11-12,14H2,1-8H3/b19-16-. The van der Waals surface area contributed by atoms with E-state index in [2.05, 4.69) is 20.8 Å². The number of benzene rings is 1. The zero-order chi connectivity index (χ0) is 21.9. The number of ketones is 2. The van der Waals surface area contributed by atoms with Crippen LogP contribution in [0.1, 0.15) is 65.5 Å². The van der Waals surface area contributed by atoms with Gasteiger partial charge in [0.05, 0.1) is 6.54 Å². The Morgan fingerprint density at radius 1 is 1.07 bits per heavy atom. The third-order valence-corrected chi connectivity index (χ3v) is 4.95. The molecule has 1 aromatic carbocycles. The quantitative estimate of drug-likeness (QED) is 0.520. The maximum Gasteiger partial charge on any atom is 0.270 e. The van der Waals surface area contributed by atoms with Crippen LogP contribution in [0.4, 0.5) is 14.5 Å². The largest absolute Gasteiger partial charge is 0.367 e. The van der Waals surface area contributed by atoms with Gasteiger partial charge >= 0.3 is 0 Å². The van der Waals surface area contributed by atoms with Crippen LogP contribution in [0.25, 0.3) is 0 Å². The fourth-order valence-electron chi connectivity index (χ4n) is 3.03. The molecule has 0 bridgehead atoms. The Labute approximate surface area is 167 Å². The molecule has 0 aliphatic rings. The molecule has 3 nitrogen and oxygen atoms in total. The summed E-state index contributed by atoms with van der Waals surface area (Å²) in [6, 6.07) is 4.67. The first-order valence-corrected chi connectivity index (χ1v) is 9.57. The molecule has 0 aliphatic heterocycles. The number of rotatable bonds is 8. The average Bonchev–Trinajstić information content (AvgIpc) is 2.52. The molecule has 5 heteroatoms. The van der Waals surface area contributed by atoms with Crippen LogP contribution in [-0.4, -0.2) is 25.2 Å². The van der Waals surface area contributed by atoms with Gasteiger partial charge in [-0.1, -0.05) is 26.8 Å². The van der Waals surface area contributed by atoms with E-state index >= 15 is 0 Å². The van der Waals surface area contributed by atoms with Gasteiger partial charge in [-0.25, -0.2) is 8.78 Å². The average molecular weight is 394 g/mol. The third-order valence-electron chi connectivity index (χ3n) is 4.95. The van der Waals surface area contributed by atoms with Crippen molar-refractivity contribution in [1.29, 1.82) is 0 Å². The minimum absolute atomic E-state index is 0.0193. The highest BCUT2D eigenvalue weighted by molar-refractivity contribution is 6.06. The number of allylic oxidation sites excluding steroid dienone is 1. The second-order valence-electron chi connectivity index (χ2n) is 8.89. The summed E-state index contributed by atoms with van der Waals surface area (Å²) >= 11 is 0. The van der Waals surface area contributed by atoms with Crippen LogP contribution in [0, 0.1) is 12.3 Å². The minimum Gasteiger partial charge on any atom is -0.367 e. The smallest absolute Gasteiger partial charge is 0.270 e. The molecule has 156 valence electrons. The second kappa shape index (κ2) is 8.97. The number of alkyl halides is 2. The molecule has 1 rings (SSSR count). The molecule has 0 amide bonds. The SMILES string of the molecule is CC(=O)/C(C)=C(/CCC(C)(C)C)C(=O)CN(C)c1ccc(C(C)(F)F)c(C)c1. The highest BCUT2D eigenvalue weighted by Crippen LogP contribution is 2.32. The lowest BCUT2D eigenvalue weighted by atomic mass is 9.86. The fraction of sp³-hybridized carbons (Fsp3) is 0.565. The van der Waals surface area contributed by atoms with E-state index in [1.807, 2.05) is 0 Å². The number of anilines is 1. The molecular formula is C23H33F2NO2. The molecule has 0 radical (unpaired) electrons. The molecule has 0 saturated heterocycles. The highest BCUT2D eigenvalue weighted by Gasteiger charge is 2.27. The predicted molar refractivity (Wildman–Crippen MR) is 111 cm³/mol. The van der Waals surface area contributed by atoms with Crippen molar-refractivity contribution in [3.05, 3.63) is 40.5 Å². The fourth-order valence-corrected chi connectivity index (χ4v) is 3.03. The zero-order valence-corrected chi connectivity index (χ0v) is 18.4. The number of aryl methyl sites for hydroxylation is 1. The molecular weight excluding hydrogens is 360 g/mol. The number of carbonyl (C=O) groups excluding carboxylic acids is 2. The van der Waals surface area contributed by atoms with Crippen molar-refractivity contribution < 1.29 is 18.4 Å². The van der Waals surface area contributed by atoms with Crippen molar-refractivity contribution in [3.8, 4) is 0 Å². The lowest BCUT2D eigenvalue weighted by Crippen LogP contribution is -2.28. The van der Waals surface area contributed by atoms with Crippen molar-refractivity contribution in [2.24, 2.45) is 5.41 Å². The topological polar surface area (TPSA) is 37.4 Å². The van der Waals surface area contributed by atoms with E-state index in [9.17, 15) is 18.4 Å². The molecule has 0 aliphatic carbocycles. The van der Waals surface area contributed by atoms with Crippen LogP contribution in [0.2, 0.25) is 0 Å². The molecule has 0 saturated carbocycles. The molecule has 28 heavy (non-hydrogen) atoms. The number of hydrogen-bond donors (Lipinski definition) is 0. The summed E-state index contributed by atoms with van der Waals surface area (Å²) in [4.78, 5) is 26.5. The van der Waals surface area contributed by atoms with Gasteiger partial charge in [0.1, 0.15) is 0 Å². The van der Waals surface area contributed by atoms with Gasteiger partial charge in [0.15, 0.2) is 11.6 Å². The molecule has 0 fully saturated rings. The summed E-state index contributed by atoms with van der Waals surface area (Å²) in [5.41, 5.74) is 2.26. The van der Waals surface area contributed by atoms with Gasteiger partial charge in [-0.05, 0) is 62.3 Å². The number of likely N-dealkylation sites (N-methyl/N-ethyl adjacent to an activating group) is 1. The monoisotopic (exact) mass is 393 g/mol. The van der Waals surface area contributed by atoms with E-state index in [1.54, 1.807) is 37.9 Å². The number of nitrogens with zero attached hydrogens (tertiary/aromatic N) is 1. The normalized spacial score (nSPS) is 13.2. The van der Waals surface area contributed by atoms with E-state index in [4.69, 9.17) is 0 Å². The molecule has 0 heterocycles. The van der Waals surface area contributed by atoms with Crippen LogP contribution < -0.4 is 4.90 Å². The molecule has 0 aromatic heterocycles. The van der Waals surface area contributed by atoms with Gasteiger partial charge in [0.2, 0.25) is 0 Å². The first kappa shape index (κ1) is 24.0. The van der Waals surface area contributed by atoms with Gasteiger partial charge in [-0.15, -0.1) is 0 Å². The van der Waals surface area contributed by atoms with Crippen LogP contribution in [0.15, 0.2) is 29.3 Å². The summed E-state index contributed by atoms with van der Waals surface area (Å²) in [6.07, 6.45) is 1.34. The first-order chi connectivity index (χ1) is 12.6. The van der Waals surface area contributed by atoms with Crippen molar-refractivity contribution in [1.82, 2.24) is 0 Å². The third kappa shape index (κ3) is 6.84. The summed E-state index contributed by atoms with van der Waals surface area (Å²) in [5, 5.41) is 0. The zero-order valence-electron chi connectivity index (χ0n) is 18.4. The van der Waals surface area contributed by atoms with Crippen LogP contribution in [0.5, 0.6) is 0 Å². The Bertz CT molecular complexity index is 768. The second-order valence-corrected chi connectivity index (χ2v) is 8.89. The molecule has 0 unspecified atom stereocenters. The highest BCUT2D eigenvalue weighted by atomic mass is 19.3. The van der Waals surface area contributed by atoms with Crippen molar-refractivity contribution in [3.63, 3.8) is 0 Å². The van der Waals surface area contributed by atoms with Gasteiger partial charge in [0, 0.05) is 30.8 Å². The Hall–Kier alpha value is -2.04. The van der Waals surface area contributed by atoms with E-state index in [1.165, 1.54) is 13.0 Å². The Morgan fingerprint density at radius 3 is 2.07 bits per heavy atom. The van der Waals surface area contributed by atoms with Crippen molar-refractivity contribution in [2.75, 3.05) is 18.5 Å². The van der Waals surface area contributed by atoms with Gasteiger partial charge in [0.25, 0.3) is 5.92 Å². The lowest BCUT2D eigenvalue weighted by Gasteiger charge is -2.24.